The highest BCUT2D eigenvalue weighted by molar-refractivity contribution is 5.78. The Labute approximate surface area is 140 Å². The maximum atomic E-state index is 5.72. The number of nitrogens with one attached hydrogen (secondary N) is 1. The van der Waals surface area contributed by atoms with Gasteiger partial charge in [0.25, 0.3) is 0 Å². The first-order valence-electron chi connectivity index (χ1n) is 8.78. The molecule has 24 heavy (non-hydrogen) atoms. The second-order valence-electron chi connectivity index (χ2n) is 7.25. The number of piperidine rings is 2. The van der Waals surface area contributed by atoms with Crippen molar-refractivity contribution >= 4 is 10.9 Å². The molecule has 0 aliphatic carbocycles. The molecule has 0 spiro atoms. The molecule has 2 aromatic heterocycles. The highest BCUT2D eigenvalue weighted by Crippen LogP contribution is 2.40. The number of rotatable bonds is 3. The molecule has 6 nitrogen and oxygen atoms in total. The summed E-state index contributed by atoms with van der Waals surface area (Å²) in [6, 6.07) is 6.28. The average molecular weight is 323 g/mol. The molecule has 3 aromatic rings. The molecule has 2 aliphatic heterocycles. The molecular formula is C18H21N5O. The lowest BCUT2D eigenvalue weighted by Crippen LogP contribution is -2.50. The van der Waals surface area contributed by atoms with Crippen molar-refractivity contribution in [1.29, 1.82) is 0 Å². The summed E-state index contributed by atoms with van der Waals surface area (Å²) in [6.45, 7) is 3.51. The third-order valence-electron chi connectivity index (χ3n) is 5.57. The topological polar surface area (TPSA) is 70.8 Å². The van der Waals surface area contributed by atoms with Gasteiger partial charge in [0.2, 0.25) is 5.89 Å². The van der Waals surface area contributed by atoms with Crippen LogP contribution in [0.5, 0.6) is 0 Å². The number of hydrogen-bond donors (Lipinski definition) is 1. The number of H-pyrrole nitrogens is 1. The summed E-state index contributed by atoms with van der Waals surface area (Å²) < 4.78 is 5.72. The van der Waals surface area contributed by atoms with Crippen molar-refractivity contribution in [3.8, 4) is 0 Å². The van der Waals surface area contributed by atoms with E-state index in [-0.39, 0.29) is 5.41 Å². The van der Waals surface area contributed by atoms with Gasteiger partial charge in [-0.3, -0.25) is 5.10 Å². The van der Waals surface area contributed by atoms with Gasteiger partial charge in [0, 0.05) is 18.4 Å². The number of benzene rings is 1. The Balaban J connectivity index is 1.40. The Kier molecular flexibility index (Phi) is 3.19. The Morgan fingerprint density at radius 1 is 1.21 bits per heavy atom. The van der Waals surface area contributed by atoms with E-state index >= 15 is 0 Å². The SMILES string of the molecule is c1cc2[nH]ncc2cc1Cc1noc(C23CCCN(CCC2)C3)n1. The van der Waals surface area contributed by atoms with Gasteiger partial charge in [0.05, 0.1) is 17.1 Å². The fourth-order valence-electron chi connectivity index (χ4n) is 4.37. The van der Waals surface area contributed by atoms with Gasteiger partial charge in [0.15, 0.2) is 5.82 Å². The Morgan fingerprint density at radius 3 is 2.96 bits per heavy atom. The fourth-order valence-corrected chi connectivity index (χ4v) is 4.37. The molecule has 2 fully saturated rings. The second kappa shape index (κ2) is 5.41. The smallest absolute Gasteiger partial charge is 0.234 e. The van der Waals surface area contributed by atoms with E-state index < -0.39 is 0 Å². The molecule has 0 saturated carbocycles. The van der Waals surface area contributed by atoms with Crippen LogP contribution in [0, 0.1) is 0 Å². The van der Waals surface area contributed by atoms with Crippen molar-refractivity contribution in [2.45, 2.75) is 37.5 Å². The molecule has 4 heterocycles. The van der Waals surface area contributed by atoms with E-state index in [1.54, 1.807) is 0 Å². The average Bonchev–Trinajstić information content (AvgIpc) is 3.24. The van der Waals surface area contributed by atoms with E-state index in [1.165, 1.54) is 44.3 Å². The fraction of sp³-hybridized carbons (Fsp3) is 0.500. The Hall–Kier alpha value is -2.21. The lowest BCUT2D eigenvalue weighted by atomic mass is 9.73. The minimum atomic E-state index is 0.0935. The van der Waals surface area contributed by atoms with Crippen LogP contribution in [0.1, 0.15) is 43.0 Å². The summed E-state index contributed by atoms with van der Waals surface area (Å²) in [4.78, 5) is 7.33. The molecule has 6 heteroatoms. The lowest BCUT2D eigenvalue weighted by molar-refractivity contribution is 0.0711. The van der Waals surface area contributed by atoms with Gasteiger partial charge in [-0.1, -0.05) is 11.2 Å². The van der Waals surface area contributed by atoms with Gasteiger partial charge >= 0.3 is 0 Å². The monoisotopic (exact) mass is 323 g/mol. The maximum Gasteiger partial charge on any atom is 0.234 e. The van der Waals surface area contributed by atoms with Gasteiger partial charge in [-0.2, -0.15) is 10.1 Å². The number of fused-ring (bicyclic) bond motifs is 3. The molecule has 124 valence electrons. The zero-order valence-corrected chi connectivity index (χ0v) is 13.7. The van der Waals surface area contributed by atoms with Gasteiger partial charge in [-0.25, -0.2) is 0 Å². The first kappa shape index (κ1) is 14.2. The van der Waals surface area contributed by atoms with Crippen LogP contribution in [0.15, 0.2) is 28.9 Å². The molecule has 1 aromatic carbocycles. The molecule has 2 aliphatic rings. The lowest BCUT2D eigenvalue weighted by Gasteiger charge is -2.44. The van der Waals surface area contributed by atoms with Crippen LogP contribution in [0.3, 0.4) is 0 Å². The van der Waals surface area contributed by atoms with Crippen LogP contribution in [0.4, 0.5) is 0 Å². The van der Waals surface area contributed by atoms with Gasteiger partial charge in [-0.15, -0.1) is 0 Å². The molecule has 0 atom stereocenters. The summed E-state index contributed by atoms with van der Waals surface area (Å²) in [5, 5.41) is 12.4. The van der Waals surface area contributed by atoms with E-state index in [0.29, 0.717) is 6.42 Å². The molecule has 2 bridgehead atoms. The molecule has 2 saturated heterocycles. The van der Waals surface area contributed by atoms with Crippen molar-refractivity contribution in [2.24, 2.45) is 0 Å². The van der Waals surface area contributed by atoms with E-state index in [1.807, 2.05) is 6.20 Å². The first-order valence-corrected chi connectivity index (χ1v) is 8.78. The van der Waals surface area contributed by atoms with Gasteiger partial charge < -0.3 is 9.42 Å². The minimum Gasteiger partial charge on any atom is -0.339 e. The Morgan fingerprint density at radius 2 is 2.08 bits per heavy atom. The van der Waals surface area contributed by atoms with Crippen molar-refractivity contribution in [3.63, 3.8) is 0 Å². The van der Waals surface area contributed by atoms with Crippen molar-refractivity contribution in [3.05, 3.63) is 41.7 Å². The van der Waals surface area contributed by atoms with Crippen molar-refractivity contribution in [2.75, 3.05) is 19.6 Å². The van der Waals surface area contributed by atoms with Gasteiger partial charge in [0.1, 0.15) is 0 Å². The van der Waals surface area contributed by atoms with E-state index in [0.717, 1.165) is 29.2 Å². The predicted octanol–water partition coefficient (Wildman–Crippen LogP) is 2.66. The standard InChI is InChI=1S/C18H21N5O/c1-5-18(6-2-8-23(7-1)12-18)17-20-16(22-24-17)10-13-3-4-15-14(9-13)11-19-21-15/h3-4,9,11H,1-2,5-8,10,12H2,(H,19,21). The summed E-state index contributed by atoms with van der Waals surface area (Å²) in [6.07, 6.45) is 7.35. The quantitative estimate of drug-likeness (QED) is 0.802. The summed E-state index contributed by atoms with van der Waals surface area (Å²) in [5.41, 5.74) is 2.33. The highest BCUT2D eigenvalue weighted by Gasteiger charge is 2.43. The molecule has 1 N–H and O–H groups in total. The summed E-state index contributed by atoms with van der Waals surface area (Å²) in [5.74, 6) is 1.64. The predicted molar refractivity (Wildman–Crippen MR) is 89.8 cm³/mol. The third-order valence-corrected chi connectivity index (χ3v) is 5.57. The number of aromatic nitrogens is 4. The number of nitrogens with zero attached hydrogens (tertiary/aromatic N) is 4. The van der Waals surface area contributed by atoms with Crippen LogP contribution in [-0.4, -0.2) is 44.9 Å². The van der Waals surface area contributed by atoms with E-state index in [4.69, 9.17) is 9.51 Å². The third kappa shape index (κ3) is 2.33. The highest BCUT2D eigenvalue weighted by atomic mass is 16.5. The number of hydrogen-bond acceptors (Lipinski definition) is 5. The normalized spacial score (nSPS) is 26.8. The van der Waals surface area contributed by atoms with E-state index in [2.05, 4.69) is 38.5 Å². The molecule has 0 amide bonds. The van der Waals surface area contributed by atoms with Crippen LogP contribution >= 0.6 is 0 Å². The van der Waals surface area contributed by atoms with Crippen LogP contribution in [0.2, 0.25) is 0 Å². The second-order valence-corrected chi connectivity index (χ2v) is 7.25. The van der Waals surface area contributed by atoms with Gasteiger partial charge in [-0.05, 0) is 56.5 Å². The zero-order valence-electron chi connectivity index (χ0n) is 13.7. The number of aromatic amines is 1. The van der Waals surface area contributed by atoms with Crippen molar-refractivity contribution in [1.82, 2.24) is 25.2 Å². The van der Waals surface area contributed by atoms with Crippen molar-refractivity contribution < 1.29 is 4.52 Å². The maximum absolute atomic E-state index is 5.72. The van der Waals surface area contributed by atoms with Crippen LogP contribution in [-0.2, 0) is 11.8 Å². The largest absolute Gasteiger partial charge is 0.339 e. The molecule has 5 rings (SSSR count). The molecular weight excluding hydrogens is 302 g/mol. The van der Waals surface area contributed by atoms with Crippen LogP contribution < -0.4 is 0 Å². The summed E-state index contributed by atoms with van der Waals surface area (Å²) >= 11 is 0. The van der Waals surface area contributed by atoms with E-state index in [9.17, 15) is 0 Å². The Bertz CT molecular complexity index is 857. The van der Waals surface area contributed by atoms with Crippen LogP contribution in [0.25, 0.3) is 10.9 Å². The first-order chi connectivity index (χ1) is 11.8. The zero-order chi connectivity index (χ0) is 16.0. The molecule has 0 radical (unpaired) electrons. The molecule has 0 unspecified atom stereocenters. The minimum absolute atomic E-state index is 0.0935. The summed E-state index contributed by atoms with van der Waals surface area (Å²) in [7, 11) is 0.